The highest BCUT2D eigenvalue weighted by atomic mass is 16.6. The van der Waals surface area contributed by atoms with Gasteiger partial charge in [0.15, 0.2) is 0 Å². The summed E-state index contributed by atoms with van der Waals surface area (Å²) in [4.78, 5) is 71.8. The number of Topliss-reactive ketones (excluding diaryl/α,β-unsaturated/α-hetero) is 2. The first-order valence-electron chi connectivity index (χ1n) is 26.5. The summed E-state index contributed by atoms with van der Waals surface area (Å²) in [6, 6.07) is -1.18. The number of allylic oxidation sites excluding steroid dienone is 6. The van der Waals surface area contributed by atoms with Gasteiger partial charge in [-0.1, -0.05) is 77.7 Å². The number of piperidine rings is 1. The fourth-order valence-corrected chi connectivity index (χ4v) is 10.8. The summed E-state index contributed by atoms with van der Waals surface area (Å²) in [5.41, 5.74) is 0.644. The second-order valence-electron chi connectivity index (χ2n) is 22.0. The van der Waals surface area contributed by atoms with Crippen molar-refractivity contribution >= 4 is 29.4 Å². The molecule has 1 unspecified atom stereocenters. The van der Waals surface area contributed by atoms with Crippen LogP contribution in [-0.2, 0) is 52.4 Å². The predicted octanol–water partition coefficient (Wildman–Crippen LogP) is 6.71. The SMILES string of the molecule is C=C1[C@H](C)C[C@H](C)/C=C/C=C/C=C(\C)[C@@H](OC)C[C@@H]2CC[C@@H](C)[C@@](O)(O2)C(=O)C(=O)N2CCCC[C@H]2C(=O)O[C@H]([C@H](C)CC2CC[C@@H](OC(=O)C(C)(CO)CO)[C@H](OC)C2)CC(=O)[C@H](C)/C=C(\C)[C@@H](O)[C@H]1OC. The zero-order valence-electron chi connectivity index (χ0n) is 45.6. The van der Waals surface area contributed by atoms with E-state index < -0.39 is 115 Å². The van der Waals surface area contributed by atoms with Crippen LogP contribution < -0.4 is 0 Å². The molecule has 0 radical (unpaired) electrons. The molecule has 0 aromatic rings. The number of aliphatic hydroxyl groups is 4. The lowest BCUT2D eigenvalue weighted by Crippen LogP contribution is -2.61. The number of ether oxygens (including phenoxy) is 6. The van der Waals surface area contributed by atoms with E-state index in [-0.39, 0.29) is 42.9 Å². The molecule has 1 amide bonds. The lowest BCUT2D eigenvalue weighted by molar-refractivity contribution is -0.265. The van der Waals surface area contributed by atoms with Crippen molar-refractivity contribution in [1.29, 1.82) is 0 Å². The van der Waals surface area contributed by atoms with Gasteiger partial charge < -0.3 is 53.7 Å². The number of nitrogens with zero attached hydrogens (tertiary/aromatic N) is 1. The number of amides is 1. The third-order valence-corrected chi connectivity index (χ3v) is 16.1. The highest BCUT2D eigenvalue weighted by Crippen LogP contribution is 2.39. The second-order valence-corrected chi connectivity index (χ2v) is 22.0. The minimum atomic E-state index is -2.45. The normalized spacial score (nSPS) is 37.4. The molecule has 16 heteroatoms. The van der Waals surface area contributed by atoms with Gasteiger partial charge in [-0.15, -0.1) is 0 Å². The molecule has 412 valence electrons. The molecule has 16 nitrogen and oxygen atoms in total. The minimum Gasteiger partial charge on any atom is -0.460 e. The van der Waals surface area contributed by atoms with E-state index in [0.29, 0.717) is 63.4 Å². The molecular weight excluding hydrogens is 939 g/mol. The summed E-state index contributed by atoms with van der Waals surface area (Å²) in [6.07, 6.45) is 11.5. The van der Waals surface area contributed by atoms with Crippen LogP contribution in [0.4, 0.5) is 0 Å². The molecule has 3 aliphatic heterocycles. The van der Waals surface area contributed by atoms with Crippen molar-refractivity contribution in [3.8, 4) is 0 Å². The van der Waals surface area contributed by atoms with E-state index in [0.717, 1.165) is 17.6 Å². The Balaban J connectivity index is 1.69. The Bertz CT molecular complexity index is 2010. The van der Waals surface area contributed by atoms with Crippen molar-refractivity contribution in [2.24, 2.45) is 40.9 Å². The topological polar surface area (TPSA) is 225 Å². The summed E-state index contributed by atoms with van der Waals surface area (Å²) in [7, 11) is 4.62. The van der Waals surface area contributed by atoms with Crippen molar-refractivity contribution in [2.45, 2.75) is 187 Å². The van der Waals surface area contributed by atoms with E-state index in [1.54, 1.807) is 34.0 Å². The van der Waals surface area contributed by atoms with Crippen LogP contribution in [-0.4, -0.2) is 150 Å². The van der Waals surface area contributed by atoms with E-state index in [1.165, 1.54) is 26.0 Å². The second kappa shape index (κ2) is 28.3. The lowest BCUT2D eigenvalue weighted by atomic mass is 9.78. The Kier molecular flexibility index (Phi) is 23.9. The van der Waals surface area contributed by atoms with Gasteiger partial charge in [-0.05, 0) is 125 Å². The van der Waals surface area contributed by atoms with E-state index in [2.05, 4.69) is 19.6 Å². The largest absolute Gasteiger partial charge is 0.460 e. The maximum Gasteiger partial charge on any atom is 0.329 e. The molecule has 4 aliphatic rings. The molecule has 15 atom stereocenters. The average Bonchev–Trinajstić information content (AvgIpc) is 3.37. The Morgan fingerprint density at radius 3 is 2.23 bits per heavy atom. The number of aliphatic hydroxyl groups excluding tert-OH is 3. The minimum absolute atomic E-state index is 0.0149. The molecule has 4 N–H and O–H groups in total. The van der Waals surface area contributed by atoms with Gasteiger partial charge in [-0.3, -0.25) is 19.2 Å². The van der Waals surface area contributed by atoms with Crippen molar-refractivity contribution < 1.29 is 72.8 Å². The Morgan fingerprint density at radius 1 is 0.890 bits per heavy atom. The number of hydrogen-bond acceptors (Lipinski definition) is 15. The molecule has 3 heterocycles. The molecule has 0 aromatic heterocycles. The maximum absolute atomic E-state index is 14.6. The summed E-state index contributed by atoms with van der Waals surface area (Å²) >= 11 is 0. The summed E-state index contributed by atoms with van der Waals surface area (Å²) in [6.45, 7) is 17.7. The first-order valence-corrected chi connectivity index (χ1v) is 26.5. The van der Waals surface area contributed by atoms with Crippen LogP contribution in [0.1, 0.15) is 132 Å². The Morgan fingerprint density at radius 2 is 1.59 bits per heavy atom. The average molecular weight is 1030 g/mol. The lowest BCUT2D eigenvalue weighted by Gasteiger charge is -2.42. The zero-order chi connectivity index (χ0) is 54.4. The number of carbonyl (C=O) groups excluding carboxylic acids is 5. The molecule has 3 fully saturated rings. The van der Waals surface area contributed by atoms with Crippen LogP contribution in [0.3, 0.4) is 0 Å². The van der Waals surface area contributed by atoms with Crippen LogP contribution >= 0.6 is 0 Å². The zero-order valence-corrected chi connectivity index (χ0v) is 45.6. The first-order chi connectivity index (χ1) is 34.5. The molecule has 4 rings (SSSR count). The Labute approximate surface area is 434 Å². The van der Waals surface area contributed by atoms with Gasteiger partial charge in [0, 0.05) is 52.6 Å². The fourth-order valence-electron chi connectivity index (χ4n) is 10.8. The van der Waals surface area contributed by atoms with Gasteiger partial charge in [0.05, 0.1) is 31.5 Å². The molecule has 1 aliphatic carbocycles. The molecule has 1 saturated carbocycles. The fraction of sp³-hybridized carbons (Fsp3) is 0.737. The molecule has 0 spiro atoms. The van der Waals surface area contributed by atoms with Crippen molar-refractivity contribution in [3.05, 3.63) is 59.8 Å². The monoisotopic (exact) mass is 1030 g/mol. The third kappa shape index (κ3) is 16.1. The number of rotatable bonds is 10. The summed E-state index contributed by atoms with van der Waals surface area (Å²) < 4.78 is 35.8. The number of hydrogen-bond donors (Lipinski definition) is 4. The van der Waals surface area contributed by atoms with Gasteiger partial charge in [-0.2, -0.15) is 0 Å². The van der Waals surface area contributed by atoms with Crippen molar-refractivity contribution in [2.75, 3.05) is 41.1 Å². The highest BCUT2D eigenvalue weighted by molar-refractivity contribution is 6.39. The molecule has 73 heavy (non-hydrogen) atoms. The standard InChI is InChI=1S/C57H89NO15/c1-34-18-14-13-15-19-35(2)47(68-10)30-43-23-21-40(7)57(67,73-43)52(63)53(64)58-25-17-16-20-44(58)54(65)71-48(31-45(61)37(4)27-39(6)50(62)51(70-12)41(8)36(3)26-34)38(5)28-42-22-24-46(49(29-42)69-11)72-55(66)56(9,32-59)33-60/h13-15,18-19,27,34,36-38,40,42-44,46-51,59-60,62,67H,8,16-17,20-26,28-33H2,1-7,9-12H3/b15-13+,18-14+,35-19+,39-27+/t34-,36-,37-,38-,40-,42?,43+,44+,46-,47+,48+,49-,50-,51+,57-/m1/s1. The van der Waals surface area contributed by atoms with E-state index >= 15 is 0 Å². The van der Waals surface area contributed by atoms with E-state index in [4.69, 9.17) is 28.4 Å². The van der Waals surface area contributed by atoms with Crippen LogP contribution in [0.25, 0.3) is 0 Å². The van der Waals surface area contributed by atoms with Crippen LogP contribution in [0.2, 0.25) is 0 Å². The van der Waals surface area contributed by atoms with Gasteiger partial charge in [0.1, 0.15) is 41.7 Å². The number of cyclic esters (lactones) is 1. The van der Waals surface area contributed by atoms with Gasteiger partial charge in [-0.25, -0.2) is 4.79 Å². The number of esters is 2. The quantitative estimate of drug-likeness (QED) is 0.101. The van der Waals surface area contributed by atoms with Crippen molar-refractivity contribution in [1.82, 2.24) is 4.90 Å². The van der Waals surface area contributed by atoms with Crippen molar-refractivity contribution in [3.63, 3.8) is 0 Å². The molecule has 0 aromatic carbocycles. The maximum atomic E-state index is 14.6. The van der Waals surface area contributed by atoms with Crippen LogP contribution in [0, 0.1) is 40.9 Å². The van der Waals surface area contributed by atoms with Crippen LogP contribution in [0.5, 0.6) is 0 Å². The van der Waals surface area contributed by atoms with Gasteiger partial charge in [0.2, 0.25) is 5.79 Å². The predicted molar refractivity (Wildman–Crippen MR) is 275 cm³/mol. The Hall–Kier alpha value is -3.87. The summed E-state index contributed by atoms with van der Waals surface area (Å²) in [5.74, 6) is -8.17. The summed E-state index contributed by atoms with van der Waals surface area (Å²) in [5, 5.41) is 43.3. The third-order valence-electron chi connectivity index (χ3n) is 16.1. The molecule has 2 bridgehead atoms. The molecule has 2 saturated heterocycles. The number of carbonyl (C=O) groups is 5. The smallest absolute Gasteiger partial charge is 0.329 e. The highest BCUT2D eigenvalue weighted by Gasteiger charge is 2.53. The molecular formula is C57H89NO15. The number of fused-ring (bicyclic) bond motifs is 3. The van der Waals surface area contributed by atoms with Crippen LogP contribution in [0.15, 0.2) is 59.8 Å². The van der Waals surface area contributed by atoms with E-state index in [1.807, 2.05) is 45.1 Å². The number of methoxy groups -OCH3 is 3. The number of ketones is 2. The van der Waals surface area contributed by atoms with E-state index in [9.17, 15) is 44.4 Å². The first kappa shape index (κ1) is 61.7. The van der Waals surface area contributed by atoms with Gasteiger partial charge >= 0.3 is 11.9 Å². The van der Waals surface area contributed by atoms with Gasteiger partial charge in [0.25, 0.3) is 11.7 Å².